The number of hydrogen-bond acceptors (Lipinski definition) is 8. The molecule has 150 valence electrons. The van der Waals surface area contributed by atoms with Crippen molar-refractivity contribution in [2.75, 3.05) is 19.0 Å². The highest BCUT2D eigenvalue weighted by molar-refractivity contribution is 7.16. The van der Waals surface area contributed by atoms with Gasteiger partial charge in [-0.3, -0.25) is 4.79 Å². The lowest BCUT2D eigenvalue weighted by Gasteiger charge is -2.07. The van der Waals surface area contributed by atoms with Crippen LogP contribution in [0.25, 0.3) is 11.0 Å². The van der Waals surface area contributed by atoms with E-state index in [1.807, 2.05) is 0 Å². The van der Waals surface area contributed by atoms with E-state index >= 15 is 0 Å². The Hall–Kier alpha value is -3.46. The Morgan fingerprint density at radius 2 is 1.86 bits per heavy atom. The molecule has 0 aliphatic carbocycles. The van der Waals surface area contributed by atoms with Gasteiger partial charge in [0.2, 0.25) is 0 Å². The second-order valence-corrected chi connectivity index (χ2v) is 7.31. The van der Waals surface area contributed by atoms with Gasteiger partial charge in [0.25, 0.3) is 5.91 Å². The predicted octanol–water partition coefficient (Wildman–Crippen LogP) is 3.05. The number of para-hydroxylation sites is 1. The molecule has 1 amide bonds. The molecular formula is C20H17NO7S. The monoisotopic (exact) mass is 415 g/mol. The first-order valence-corrected chi connectivity index (χ1v) is 9.31. The molecule has 8 nitrogen and oxygen atoms in total. The van der Waals surface area contributed by atoms with Crippen LogP contribution in [0.5, 0.6) is 0 Å². The molecule has 0 atom stereocenters. The first-order valence-electron chi connectivity index (χ1n) is 8.50. The summed E-state index contributed by atoms with van der Waals surface area (Å²) >= 11 is 1.21. The predicted molar refractivity (Wildman–Crippen MR) is 107 cm³/mol. The molecule has 0 saturated heterocycles. The molecule has 0 bridgehead atoms. The number of rotatable bonds is 5. The van der Waals surface area contributed by atoms with E-state index in [4.69, 9.17) is 13.9 Å². The Bertz CT molecular complexity index is 1180. The fraction of sp³-hybridized carbons (Fsp3) is 0.200. The van der Waals surface area contributed by atoms with E-state index in [1.54, 1.807) is 38.1 Å². The lowest BCUT2D eigenvalue weighted by atomic mass is 10.1. The van der Waals surface area contributed by atoms with Crippen LogP contribution in [0.4, 0.5) is 5.00 Å². The summed E-state index contributed by atoms with van der Waals surface area (Å²) in [6, 6.07) is 8.06. The number of anilines is 1. The molecule has 0 saturated carbocycles. The highest BCUT2D eigenvalue weighted by Gasteiger charge is 2.22. The van der Waals surface area contributed by atoms with Crippen LogP contribution in [-0.2, 0) is 14.3 Å². The van der Waals surface area contributed by atoms with Gasteiger partial charge in [-0.2, -0.15) is 0 Å². The average Bonchev–Trinajstić information content (AvgIpc) is 2.98. The maximum atomic E-state index is 12.2. The maximum absolute atomic E-state index is 12.2. The molecule has 3 rings (SSSR count). The Labute approximate surface area is 169 Å². The summed E-state index contributed by atoms with van der Waals surface area (Å²) in [5, 5.41) is 3.39. The fourth-order valence-electron chi connectivity index (χ4n) is 2.64. The minimum absolute atomic E-state index is 0.254. The second-order valence-electron chi connectivity index (χ2n) is 6.09. The van der Waals surface area contributed by atoms with E-state index in [1.165, 1.54) is 24.5 Å². The normalized spacial score (nSPS) is 10.6. The van der Waals surface area contributed by atoms with Crippen LogP contribution < -0.4 is 10.9 Å². The molecule has 2 heterocycles. The molecule has 3 aromatic rings. The van der Waals surface area contributed by atoms with Crippen molar-refractivity contribution in [1.82, 2.24) is 0 Å². The van der Waals surface area contributed by atoms with Crippen molar-refractivity contribution >= 4 is 45.2 Å². The number of amides is 1. The lowest BCUT2D eigenvalue weighted by molar-refractivity contribution is -0.119. The molecule has 0 aliphatic rings. The van der Waals surface area contributed by atoms with Gasteiger partial charge in [-0.25, -0.2) is 14.4 Å². The Balaban J connectivity index is 1.71. The van der Waals surface area contributed by atoms with Gasteiger partial charge in [0, 0.05) is 10.3 Å². The van der Waals surface area contributed by atoms with Gasteiger partial charge in [-0.1, -0.05) is 18.2 Å². The van der Waals surface area contributed by atoms with E-state index in [-0.39, 0.29) is 11.1 Å². The summed E-state index contributed by atoms with van der Waals surface area (Å²) in [4.78, 5) is 49.2. The number of nitrogens with one attached hydrogen (secondary N) is 1. The number of methoxy groups -OCH3 is 1. The molecule has 29 heavy (non-hydrogen) atoms. The van der Waals surface area contributed by atoms with Gasteiger partial charge in [0.15, 0.2) is 6.61 Å². The van der Waals surface area contributed by atoms with Crippen molar-refractivity contribution in [2.24, 2.45) is 0 Å². The summed E-state index contributed by atoms with van der Waals surface area (Å²) in [7, 11) is 1.25. The minimum atomic E-state index is -0.980. The maximum Gasteiger partial charge on any atom is 0.351 e. The third-order valence-electron chi connectivity index (χ3n) is 4.22. The summed E-state index contributed by atoms with van der Waals surface area (Å²) in [6.45, 7) is 2.91. The number of hydrogen-bond donors (Lipinski definition) is 1. The van der Waals surface area contributed by atoms with Crippen LogP contribution in [0.2, 0.25) is 0 Å². The molecule has 0 aliphatic heterocycles. The summed E-state index contributed by atoms with van der Waals surface area (Å²) in [5.41, 5.74) is 0.125. The number of esters is 2. The molecular weight excluding hydrogens is 398 g/mol. The van der Waals surface area contributed by atoms with Gasteiger partial charge >= 0.3 is 17.6 Å². The summed E-state index contributed by atoms with van der Waals surface area (Å²) in [5.74, 6) is -2.21. The van der Waals surface area contributed by atoms with Gasteiger partial charge < -0.3 is 19.2 Å². The van der Waals surface area contributed by atoms with Gasteiger partial charge in [-0.05, 0) is 31.5 Å². The largest absolute Gasteiger partial charge is 0.465 e. The number of carbonyl (C=O) groups is 3. The molecule has 1 aromatic carbocycles. The first kappa shape index (κ1) is 20.3. The van der Waals surface area contributed by atoms with Crippen LogP contribution in [0.3, 0.4) is 0 Å². The quantitative estimate of drug-likeness (QED) is 0.503. The van der Waals surface area contributed by atoms with Crippen molar-refractivity contribution in [3.05, 3.63) is 62.3 Å². The van der Waals surface area contributed by atoms with Gasteiger partial charge in [-0.15, -0.1) is 11.3 Å². The Morgan fingerprint density at radius 1 is 1.14 bits per heavy atom. The number of fused-ring (bicyclic) bond motifs is 1. The standard InChI is InChI=1S/C20H17NO7S/c1-10-11(2)29-17(16(10)20(25)26-3)21-15(22)9-27-18(23)13-8-12-6-4-5-7-14(12)28-19(13)24/h4-8H,9H2,1-3H3,(H,21,22). The number of thiophene rings is 1. The van der Waals surface area contributed by atoms with Crippen molar-refractivity contribution in [1.29, 1.82) is 0 Å². The molecule has 0 radical (unpaired) electrons. The molecule has 0 spiro atoms. The summed E-state index contributed by atoms with van der Waals surface area (Å²) in [6.07, 6.45) is 0. The smallest absolute Gasteiger partial charge is 0.351 e. The van der Waals surface area contributed by atoms with Gasteiger partial charge in [0.1, 0.15) is 16.1 Å². The highest BCUT2D eigenvalue weighted by atomic mass is 32.1. The fourth-order valence-corrected chi connectivity index (χ4v) is 3.70. The van der Waals surface area contributed by atoms with Crippen LogP contribution in [0, 0.1) is 13.8 Å². The highest BCUT2D eigenvalue weighted by Crippen LogP contribution is 2.32. The van der Waals surface area contributed by atoms with E-state index in [0.29, 0.717) is 21.5 Å². The van der Waals surface area contributed by atoms with E-state index in [9.17, 15) is 19.2 Å². The Morgan fingerprint density at radius 3 is 2.59 bits per heavy atom. The Kier molecular flexibility index (Phi) is 5.79. The molecule has 0 fully saturated rings. The van der Waals surface area contributed by atoms with Crippen LogP contribution >= 0.6 is 11.3 Å². The minimum Gasteiger partial charge on any atom is -0.465 e. The summed E-state index contributed by atoms with van der Waals surface area (Å²) < 4.78 is 14.8. The zero-order valence-corrected chi connectivity index (χ0v) is 16.7. The zero-order chi connectivity index (χ0) is 21.1. The van der Waals surface area contributed by atoms with E-state index in [0.717, 1.165) is 4.88 Å². The first-order chi connectivity index (χ1) is 13.8. The van der Waals surface area contributed by atoms with Crippen molar-refractivity contribution < 1.29 is 28.3 Å². The average molecular weight is 415 g/mol. The van der Waals surface area contributed by atoms with Crippen LogP contribution in [-0.4, -0.2) is 31.6 Å². The SMILES string of the molecule is COC(=O)c1c(NC(=O)COC(=O)c2cc3ccccc3oc2=O)sc(C)c1C. The van der Waals surface area contributed by atoms with E-state index < -0.39 is 30.1 Å². The molecule has 9 heteroatoms. The topological polar surface area (TPSA) is 112 Å². The van der Waals surface area contributed by atoms with Crippen LogP contribution in [0.1, 0.15) is 31.2 Å². The number of carbonyl (C=O) groups excluding carboxylic acids is 3. The number of aryl methyl sites for hydroxylation is 1. The number of ether oxygens (including phenoxy) is 2. The molecule has 1 N–H and O–H groups in total. The zero-order valence-electron chi connectivity index (χ0n) is 15.9. The van der Waals surface area contributed by atoms with Crippen molar-refractivity contribution in [2.45, 2.75) is 13.8 Å². The van der Waals surface area contributed by atoms with Crippen molar-refractivity contribution in [3.63, 3.8) is 0 Å². The number of benzene rings is 1. The third kappa shape index (κ3) is 4.19. The van der Waals surface area contributed by atoms with Crippen LogP contribution in [0.15, 0.2) is 39.5 Å². The molecule has 0 unspecified atom stereocenters. The van der Waals surface area contributed by atoms with Gasteiger partial charge in [0.05, 0.1) is 12.7 Å². The van der Waals surface area contributed by atoms with Crippen molar-refractivity contribution in [3.8, 4) is 0 Å². The van der Waals surface area contributed by atoms with E-state index in [2.05, 4.69) is 5.32 Å². The molecule has 2 aromatic heterocycles. The lowest BCUT2D eigenvalue weighted by Crippen LogP contribution is -2.24. The third-order valence-corrected chi connectivity index (χ3v) is 5.35. The second kappa shape index (κ2) is 8.27.